The number of ether oxygens (including phenoxy) is 1. The summed E-state index contributed by atoms with van der Waals surface area (Å²) in [5.74, 6) is 1.73. The topological polar surface area (TPSA) is 99.7 Å². The van der Waals surface area contributed by atoms with Gasteiger partial charge in [0, 0.05) is 34.6 Å². The lowest BCUT2D eigenvalue weighted by Crippen LogP contribution is -2.01. The second kappa shape index (κ2) is 8.13. The molecule has 0 unspecified atom stereocenters. The molecule has 3 aromatic heterocycles. The van der Waals surface area contributed by atoms with Crippen LogP contribution in [-0.4, -0.2) is 36.3 Å². The molecule has 0 aliphatic heterocycles. The molecular weight excluding hydrogens is 376 g/mol. The highest BCUT2D eigenvalue weighted by atomic mass is 32.2. The van der Waals surface area contributed by atoms with Gasteiger partial charge in [-0.1, -0.05) is 5.16 Å². The number of hydrogen-bond donors (Lipinski definition) is 0. The molecule has 28 heavy (non-hydrogen) atoms. The molecule has 3 heterocycles. The molecule has 0 amide bonds. The van der Waals surface area contributed by atoms with Crippen LogP contribution in [0.5, 0.6) is 5.88 Å². The monoisotopic (exact) mass is 392 g/mol. The molecule has 9 heteroatoms. The molecule has 0 aliphatic carbocycles. The molecule has 8 nitrogen and oxygen atoms in total. The lowest BCUT2D eigenvalue weighted by atomic mass is 10.2. The summed E-state index contributed by atoms with van der Waals surface area (Å²) in [6, 6.07) is 9.69. The Labute approximate surface area is 165 Å². The van der Waals surface area contributed by atoms with E-state index in [-0.39, 0.29) is 6.61 Å². The van der Waals surface area contributed by atoms with Gasteiger partial charge in [-0.3, -0.25) is 4.98 Å². The van der Waals surface area contributed by atoms with E-state index in [0.717, 1.165) is 11.3 Å². The smallest absolute Gasteiger partial charge is 0.264 e. The number of benzene rings is 1. The predicted molar refractivity (Wildman–Crippen MR) is 104 cm³/mol. The average molecular weight is 392 g/mol. The maximum atomic E-state index is 5.72. The molecule has 0 aliphatic rings. The lowest BCUT2D eigenvalue weighted by molar-refractivity contribution is 0.235. The maximum absolute atomic E-state index is 5.72. The zero-order valence-corrected chi connectivity index (χ0v) is 16.1. The minimum Gasteiger partial charge on any atom is -0.467 e. The Hall–Kier alpha value is -3.33. The first-order valence-corrected chi connectivity index (χ1v) is 9.65. The third kappa shape index (κ3) is 4.15. The normalized spacial score (nSPS) is 10.8. The van der Waals surface area contributed by atoms with Crippen LogP contribution in [0.1, 0.15) is 11.6 Å². The van der Waals surface area contributed by atoms with Gasteiger partial charge in [0.05, 0.1) is 6.20 Å². The summed E-state index contributed by atoms with van der Waals surface area (Å²) < 4.78 is 11.0. The second-order valence-corrected chi connectivity index (χ2v) is 6.67. The number of nitrogens with zero attached hydrogens (tertiary/aromatic N) is 6. The zero-order valence-electron chi connectivity index (χ0n) is 15.2. The number of aromatic nitrogens is 6. The van der Waals surface area contributed by atoms with Crippen LogP contribution in [0.3, 0.4) is 0 Å². The Morgan fingerprint density at radius 1 is 1.04 bits per heavy atom. The highest BCUT2D eigenvalue weighted by Crippen LogP contribution is 2.21. The molecule has 140 valence electrons. The molecule has 1 aromatic carbocycles. The highest BCUT2D eigenvalue weighted by molar-refractivity contribution is 7.98. The fraction of sp³-hybridized carbons (Fsp3) is 0.158. The summed E-state index contributed by atoms with van der Waals surface area (Å²) in [6.45, 7) is 1.96. The van der Waals surface area contributed by atoms with Crippen molar-refractivity contribution in [3.63, 3.8) is 0 Å². The quantitative estimate of drug-likeness (QED) is 0.456. The Morgan fingerprint density at radius 2 is 1.89 bits per heavy atom. The summed E-state index contributed by atoms with van der Waals surface area (Å²) in [4.78, 5) is 22.6. The summed E-state index contributed by atoms with van der Waals surface area (Å²) in [6.07, 6.45) is 6.82. The van der Waals surface area contributed by atoms with Gasteiger partial charge in [0.2, 0.25) is 11.7 Å². The van der Waals surface area contributed by atoms with Crippen LogP contribution in [0.15, 0.2) is 58.3 Å². The lowest BCUT2D eigenvalue weighted by Gasteiger charge is -2.05. The minimum absolute atomic E-state index is 0.103. The van der Waals surface area contributed by atoms with Crippen molar-refractivity contribution in [3.05, 3.63) is 60.5 Å². The van der Waals surface area contributed by atoms with E-state index in [0.29, 0.717) is 29.1 Å². The van der Waals surface area contributed by atoms with Gasteiger partial charge in [-0.2, -0.15) is 9.97 Å². The summed E-state index contributed by atoms with van der Waals surface area (Å²) >= 11 is 1.68. The SMILES string of the molecule is CSc1ccc(-c2noc(COc3cc(C)nc(-c4cnccn4)n3)n2)cc1. The van der Waals surface area contributed by atoms with Crippen molar-refractivity contribution in [1.29, 1.82) is 0 Å². The number of rotatable bonds is 6. The van der Waals surface area contributed by atoms with E-state index in [4.69, 9.17) is 9.26 Å². The molecule has 0 saturated heterocycles. The standard InChI is InChI=1S/C19H16N6O2S/c1-12-9-16(23-19(22-12)15-10-20-7-8-21-15)26-11-17-24-18(25-27-17)13-3-5-14(28-2)6-4-13/h3-10H,11H2,1-2H3. The van der Waals surface area contributed by atoms with Gasteiger partial charge in [0.15, 0.2) is 12.4 Å². The van der Waals surface area contributed by atoms with Crippen molar-refractivity contribution in [2.75, 3.05) is 6.26 Å². The van der Waals surface area contributed by atoms with Crippen molar-refractivity contribution in [1.82, 2.24) is 30.1 Å². The summed E-state index contributed by atoms with van der Waals surface area (Å²) in [7, 11) is 0. The van der Waals surface area contributed by atoms with Gasteiger partial charge < -0.3 is 9.26 Å². The molecule has 0 atom stereocenters. The van der Waals surface area contributed by atoms with E-state index in [1.807, 2.05) is 37.4 Å². The van der Waals surface area contributed by atoms with Crippen LogP contribution >= 0.6 is 11.8 Å². The largest absolute Gasteiger partial charge is 0.467 e. The third-order valence-electron chi connectivity index (χ3n) is 3.78. The minimum atomic E-state index is 0.103. The predicted octanol–water partition coefficient (Wildman–Crippen LogP) is 3.59. The van der Waals surface area contributed by atoms with Gasteiger partial charge in [0.25, 0.3) is 5.89 Å². The van der Waals surface area contributed by atoms with Crippen molar-refractivity contribution in [2.24, 2.45) is 0 Å². The van der Waals surface area contributed by atoms with E-state index in [1.54, 1.807) is 36.4 Å². The van der Waals surface area contributed by atoms with Crippen molar-refractivity contribution < 1.29 is 9.26 Å². The Kier molecular flexibility index (Phi) is 5.24. The van der Waals surface area contributed by atoms with E-state index in [9.17, 15) is 0 Å². The first-order valence-electron chi connectivity index (χ1n) is 8.43. The highest BCUT2D eigenvalue weighted by Gasteiger charge is 2.11. The molecule has 4 rings (SSSR count). The third-order valence-corrected chi connectivity index (χ3v) is 4.53. The number of hydrogen-bond acceptors (Lipinski definition) is 9. The molecule has 0 fully saturated rings. The van der Waals surface area contributed by atoms with Crippen molar-refractivity contribution >= 4 is 11.8 Å². The van der Waals surface area contributed by atoms with E-state index in [2.05, 4.69) is 30.1 Å². The van der Waals surface area contributed by atoms with Crippen molar-refractivity contribution in [3.8, 4) is 28.8 Å². The van der Waals surface area contributed by atoms with E-state index >= 15 is 0 Å². The van der Waals surface area contributed by atoms with Crippen LogP contribution in [0.25, 0.3) is 22.9 Å². The molecule has 0 saturated carbocycles. The number of thioether (sulfide) groups is 1. The Morgan fingerprint density at radius 3 is 2.64 bits per heavy atom. The molecule has 0 bridgehead atoms. The Bertz CT molecular complexity index is 1070. The molecule has 0 N–H and O–H groups in total. The summed E-state index contributed by atoms with van der Waals surface area (Å²) in [5, 5.41) is 4.01. The first-order chi connectivity index (χ1) is 13.7. The average Bonchev–Trinajstić information content (AvgIpc) is 3.22. The maximum Gasteiger partial charge on any atom is 0.264 e. The fourth-order valence-corrected chi connectivity index (χ4v) is 2.86. The van der Waals surface area contributed by atoms with E-state index < -0.39 is 0 Å². The zero-order chi connectivity index (χ0) is 19.3. The van der Waals surface area contributed by atoms with Gasteiger partial charge in [-0.15, -0.1) is 11.8 Å². The van der Waals surface area contributed by atoms with Gasteiger partial charge in [-0.05, 0) is 37.4 Å². The summed E-state index contributed by atoms with van der Waals surface area (Å²) in [5.41, 5.74) is 2.21. The molecule has 0 radical (unpaired) electrons. The van der Waals surface area contributed by atoms with Gasteiger partial charge in [0.1, 0.15) is 5.69 Å². The van der Waals surface area contributed by atoms with Crippen LogP contribution in [0.4, 0.5) is 0 Å². The fourth-order valence-electron chi connectivity index (χ4n) is 2.45. The second-order valence-electron chi connectivity index (χ2n) is 5.79. The first kappa shape index (κ1) is 18.1. The van der Waals surface area contributed by atoms with Gasteiger partial charge >= 0.3 is 0 Å². The molecule has 0 spiro atoms. The van der Waals surface area contributed by atoms with Crippen LogP contribution in [-0.2, 0) is 6.61 Å². The van der Waals surface area contributed by atoms with Gasteiger partial charge in [-0.25, -0.2) is 9.97 Å². The van der Waals surface area contributed by atoms with Crippen LogP contribution in [0, 0.1) is 6.92 Å². The van der Waals surface area contributed by atoms with E-state index in [1.165, 1.54) is 4.90 Å². The molecular formula is C19H16N6O2S. The molecule has 4 aromatic rings. The van der Waals surface area contributed by atoms with Crippen molar-refractivity contribution in [2.45, 2.75) is 18.4 Å². The van der Waals surface area contributed by atoms with Crippen LogP contribution < -0.4 is 4.74 Å². The Balaban J connectivity index is 1.48. The number of aryl methyl sites for hydroxylation is 1. The van der Waals surface area contributed by atoms with Crippen LogP contribution in [0.2, 0.25) is 0 Å².